The lowest BCUT2D eigenvalue weighted by molar-refractivity contribution is 0.0916. The van der Waals surface area contributed by atoms with Crippen LogP contribution in [0.15, 0.2) is 12.1 Å². The zero-order valence-corrected chi connectivity index (χ0v) is 11.6. The first kappa shape index (κ1) is 13.6. The van der Waals surface area contributed by atoms with Crippen molar-refractivity contribution in [3.05, 3.63) is 28.0 Å². The van der Waals surface area contributed by atoms with Gasteiger partial charge < -0.3 is 10.2 Å². The van der Waals surface area contributed by atoms with Crippen LogP contribution in [0, 0.1) is 0 Å². The van der Waals surface area contributed by atoms with E-state index in [4.69, 9.17) is 23.2 Å². The molecule has 1 N–H and O–H groups in total. The maximum Gasteiger partial charge on any atom is 0.254 e. The van der Waals surface area contributed by atoms with Crippen LogP contribution < -0.4 is 5.32 Å². The first-order valence-electron chi connectivity index (χ1n) is 5.87. The van der Waals surface area contributed by atoms with Gasteiger partial charge in [-0.1, -0.05) is 23.2 Å². The normalized spacial score (nSPS) is 17.7. The van der Waals surface area contributed by atoms with Crippen molar-refractivity contribution in [2.24, 2.45) is 0 Å². The van der Waals surface area contributed by atoms with E-state index >= 15 is 0 Å². The summed E-state index contributed by atoms with van der Waals surface area (Å²) >= 11 is 11.6. The minimum atomic E-state index is -0.182. The van der Waals surface area contributed by atoms with Crippen molar-refractivity contribution in [2.45, 2.75) is 18.9 Å². The molecule has 2 rings (SSSR count). The molecule has 1 aromatic rings. The molecule has 0 radical (unpaired) electrons. The Balaban J connectivity index is 1.99. The van der Waals surface area contributed by atoms with Gasteiger partial charge in [0.15, 0.2) is 0 Å². The summed E-state index contributed by atoms with van der Waals surface area (Å²) in [7, 11) is 2.08. The Hall–Kier alpha value is -0.840. The molecule has 0 atom stereocenters. The van der Waals surface area contributed by atoms with Gasteiger partial charge in [0, 0.05) is 6.04 Å². The van der Waals surface area contributed by atoms with Crippen LogP contribution in [0.4, 0.5) is 0 Å². The van der Waals surface area contributed by atoms with Crippen molar-refractivity contribution in [3.8, 4) is 0 Å². The first-order chi connectivity index (χ1) is 8.56. The lowest BCUT2D eigenvalue weighted by atomic mass is 10.1. The highest BCUT2D eigenvalue weighted by Crippen LogP contribution is 2.17. The highest BCUT2D eigenvalue weighted by atomic mass is 35.5. The maximum absolute atomic E-state index is 12.0. The Labute approximate surface area is 116 Å². The molecule has 0 unspecified atom stereocenters. The summed E-state index contributed by atoms with van der Waals surface area (Å²) in [4.78, 5) is 18.1. The molecule has 4 nitrogen and oxygen atoms in total. The molecule has 2 heterocycles. The molecule has 1 amide bonds. The third-order valence-corrected chi connectivity index (χ3v) is 3.61. The van der Waals surface area contributed by atoms with E-state index in [-0.39, 0.29) is 22.3 Å². The fourth-order valence-corrected chi connectivity index (χ4v) is 2.43. The third-order valence-electron chi connectivity index (χ3n) is 3.11. The van der Waals surface area contributed by atoms with Crippen molar-refractivity contribution in [1.82, 2.24) is 15.2 Å². The van der Waals surface area contributed by atoms with E-state index in [2.05, 4.69) is 22.2 Å². The van der Waals surface area contributed by atoms with E-state index in [1.807, 2.05) is 0 Å². The number of amides is 1. The molecule has 0 bridgehead atoms. The summed E-state index contributed by atoms with van der Waals surface area (Å²) in [5.74, 6) is -0.182. The van der Waals surface area contributed by atoms with Crippen LogP contribution in [-0.4, -0.2) is 42.0 Å². The number of carbonyl (C=O) groups excluding carboxylic acids is 1. The molecule has 1 aliphatic heterocycles. The van der Waals surface area contributed by atoms with E-state index in [9.17, 15) is 4.79 Å². The Morgan fingerprint density at radius 2 is 2.06 bits per heavy atom. The van der Waals surface area contributed by atoms with Gasteiger partial charge in [0.1, 0.15) is 10.3 Å². The monoisotopic (exact) mass is 287 g/mol. The van der Waals surface area contributed by atoms with Gasteiger partial charge in [-0.2, -0.15) is 0 Å². The van der Waals surface area contributed by atoms with E-state index in [1.54, 1.807) is 12.1 Å². The van der Waals surface area contributed by atoms with Gasteiger partial charge in [0.05, 0.1) is 5.56 Å². The number of piperidine rings is 1. The van der Waals surface area contributed by atoms with Crippen LogP contribution in [0.2, 0.25) is 10.3 Å². The second-order valence-electron chi connectivity index (χ2n) is 4.52. The second kappa shape index (κ2) is 5.87. The average molecular weight is 288 g/mol. The lowest BCUT2D eigenvalue weighted by Gasteiger charge is -2.29. The number of hydrogen-bond donors (Lipinski definition) is 1. The molecule has 0 aliphatic carbocycles. The fraction of sp³-hybridized carbons (Fsp3) is 0.500. The number of halogens is 2. The molecule has 1 saturated heterocycles. The molecule has 0 aromatic carbocycles. The van der Waals surface area contributed by atoms with Crippen molar-refractivity contribution in [3.63, 3.8) is 0 Å². The largest absolute Gasteiger partial charge is 0.349 e. The fourth-order valence-electron chi connectivity index (χ4n) is 2.00. The number of carbonyl (C=O) groups is 1. The SMILES string of the molecule is CN1CCC(NC(=O)c2ccc(Cl)nc2Cl)CC1. The van der Waals surface area contributed by atoms with Gasteiger partial charge in [-0.15, -0.1) is 0 Å². The highest BCUT2D eigenvalue weighted by Gasteiger charge is 2.20. The minimum Gasteiger partial charge on any atom is -0.349 e. The summed E-state index contributed by atoms with van der Waals surface area (Å²) in [6, 6.07) is 3.37. The van der Waals surface area contributed by atoms with Gasteiger partial charge in [-0.25, -0.2) is 4.98 Å². The summed E-state index contributed by atoms with van der Waals surface area (Å²) in [6.45, 7) is 2.00. The van der Waals surface area contributed by atoms with Crippen molar-refractivity contribution < 1.29 is 4.79 Å². The predicted molar refractivity (Wildman–Crippen MR) is 72.2 cm³/mol. The standard InChI is InChI=1S/C12H15Cl2N3O/c1-17-6-4-8(5-7-17)15-12(18)9-2-3-10(13)16-11(9)14/h2-3,8H,4-7H2,1H3,(H,15,18). The highest BCUT2D eigenvalue weighted by molar-refractivity contribution is 6.34. The van der Waals surface area contributed by atoms with Crippen molar-refractivity contribution in [2.75, 3.05) is 20.1 Å². The molecule has 1 fully saturated rings. The number of pyridine rings is 1. The Bertz CT molecular complexity index is 445. The molecular weight excluding hydrogens is 273 g/mol. The van der Waals surface area contributed by atoms with Gasteiger partial charge in [-0.3, -0.25) is 4.79 Å². The van der Waals surface area contributed by atoms with E-state index in [0.29, 0.717) is 5.56 Å². The number of nitrogens with zero attached hydrogens (tertiary/aromatic N) is 2. The Morgan fingerprint density at radius 3 is 2.67 bits per heavy atom. The molecular formula is C12H15Cl2N3O. The van der Waals surface area contributed by atoms with Crippen LogP contribution in [0.5, 0.6) is 0 Å². The summed E-state index contributed by atoms with van der Waals surface area (Å²) in [6.07, 6.45) is 1.92. The molecule has 18 heavy (non-hydrogen) atoms. The summed E-state index contributed by atoms with van der Waals surface area (Å²) in [5, 5.41) is 3.42. The van der Waals surface area contributed by atoms with Crippen LogP contribution in [0.25, 0.3) is 0 Å². The number of rotatable bonds is 2. The number of hydrogen-bond acceptors (Lipinski definition) is 3. The van der Waals surface area contributed by atoms with Crippen LogP contribution >= 0.6 is 23.2 Å². The Morgan fingerprint density at radius 1 is 1.39 bits per heavy atom. The number of aromatic nitrogens is 1. The number of likely N-dealkylation sites (tertiary alicyclic amines) is 1. The molecule has 1 aliphatic rings. The van der Waals surface area contributed by atoms with Gasteiger partial charge >= 0.3 is 0 Å². The quantitative estimate of drug-likeness (QED) is 0.849. The molecule has 6 heteroatoms. The van der Waals surface area contributed by atoms with E-state index in [0.717, 1.165) is 25.9 Å². The average Bonchev–Trinajstić information content (AvgIpc) is 2.32. The molecule has 1 aromatic heterocycles. The first-order valence-corrected chi connectivity index (χ1v) is 6.63. The number of nitrogens with one attached hydrogen (secondary N) is 1. The minimum absolute atomic E-state index is 0.146. The van der Waals surface area contributed by atoms with Gasteiger partial charge in [0.2, 0.25) is 0 Å². The van der Waals surface area contributed by atoms with Crippen molar-refractivity contribution >= 4 is 29.1 Å². The lowest BCUT2D eigenvalue weighted by Crippen LogP contribution is -2.43. The Kier molecular flexibility index (Phi) is 4.43. The van der Waals surface area contributed by atoms with Crippen LogP contribution in [0.3, 0.4) is 0 Å². The van der Waals surface area contributed by atoms with E-state index in [1.165, 1.54) is 0 Å². The summed E-state index contributed by atoms with van der Waals surface area (Å²) in [5.41, 5.74) is 0.375. The molecule has 98 valence electrons. The smallest absolute Gasteiger partial charge is 0.254 e. The third kappa shape index (κ3) is 3.34. The summed E-state index contributed by atoms with van der Waals surface area (Å²) < 4.78 is 0. The van der Waals surface area contributed by atoms with Gasteiger partial charge in [-0.05, 0) is 45.1 Å². The van der Waals surface area contributed by atoms with Crippen LogP contribution in [-0.2, 0) is 0 Å². The predicted octanol–water partition coefficient (Wildman–Crippen LogP) is 2.21. The van der Waals surface area contributed by atoms with Gasteiger partial charge in [0.25, 0.3) is 5.91 Å². The molecule has 0 saturated carbocycles. The van der Waals surface area contributed by atoms with Crippen LogP contribution in [0.1, 0.15) is 23.2 Å². The van der Waals surface area contributed by atoms with Crippen molar-refractivity contribution in [1.29, 1.82) is 0 Å². The second-order valence-corrected chi connectivity index (χ2v) is 5.27. The molecule has 0 spiro atoms. The zero-order chi connectivity index (χ0) is 13.1. The zero-order valence-electron chi connectivity index (χ0n) is 10.1. The topological polar surface area (TPSA) is 45.2 Å². The maximum atomic E-state index is 12.0. The van der Waals surface area contributed by atoms with E-state index < -0.39 is 0 Å².